The largest absolute Gasteiger partial charge is 0.331 e. The lowest BCUT2D eigenvalue weighted by molar-refractivity contribution is -0.893. The van der Waals surface area contributed by atoms with Crippen LogP contribution in [0.5, 0.6) is 0 Å². The lowest BCUT2D eigenvalue weighted by Gasteiger charge is -2.20. The van der Waals surface area contributed by atoms with Crippen molar-refractivity contribution in [1.82, 2.24) is 19.7 Å². The predicted molar refractivity (Wildman–Crippen MR) is 108 cm³/mol. The number of hydrogen-bond acceptors (Lipinski definition) is 5. The third-order valence-electron chi connectivity index (χ3n) is 4.36. The van der Waals surface area contributed by atoms with Crippen LogP contribution in [0, 0.1) is 6.92 Å². The molecular weight excluding hydrogens is 362 g/mol. The second-order valence-corrected chi connectivity index (χ2v) is 8.60. The molecule has 0 spiro atoms. The molecule has 7 heteroatoms. The highest BCUT2D eigenvalue weighted by Gasteiger charge is 2.25. The number of thioether (sulfide) groups is 1. The van der Waals surface area contributed by atoms with Crippen LogP contribution in [-0.4, -0.2) is 33.8 Å². The van der Waals surface area contributed by atoms with Crippen LogP contribution in [0.4, 0.5) is 0 Å². The van der Waals surface area contributed by atoms with Gasteiger partial charge >= 0.3 is 0 Å². The molecule has 138 valence electrons. The number of aryl methyl sites for hydroxylation is 1. The Morgan fingerprint density at radius 1 is 1.19 bits per heavy atom. The highest BCUT2D eigenvalue weighted by Crippen LogP contribution is 2.25. The van der Waals surface area contributed by atoms with E-state index in [4.69, 9.17) is 0 Å². The summed E-state index contributed by atoms with van der Waals surface area (Å²) >= 11 is 3.41. The first-order chi connectivity index (χ1) is 12.6. The average Bonchev–Trinajstić information content (AvgIpc) is 3.21. The minimum absolute atomic E-state index is 0.335. The summed E-state index contributed by atoms with van der Waals surface area (Å²) in [7, 11) is 4.36. The molecule has 1 aromatic carbocycles. The molecule has 2 heterocycles. The second-order valence-electron chi connectivity index (χ2n) is 6.60. The third-order valence-corrected chi connectivity index (χ3v) is 6.18. The first kappa shape index (κ1) is 19.1. The minimum atomic E-state index is 0.335. The van der Waals surface area contributed by atoms with Crippen LogP contribution in [-0.2, 0) is 12.3 Å². The Kier molecular flexibility index (Phi) is 6.45. The molecule has 0 radical (unpaired) electrons. The van der Waals surface area contributed by atoms with Crippen LogP contribution in [0.1, 0.15) is 41.5 Å². The fourth-order valence-electron chi connectivity index (χ4n) is 3.04. The maximum absolute atomic E-state index is 4.58. The van der Waals surface area contributed by atoms with Crippen molar-refractivity contribution in [2.45, 2.75) is 43.8 Å². The zero-order valence-corrected chi connectivity index (χ0v) is 17.4. The standard InChI is InChI=1S/C19H25N5S2/c1-5-17(23(3)4)18-21-22-19(26-13-16-12-25-14(2)20-16)24(18)11-15-9-7-6-8-10-15/h6-10,12,17H,5,11,13H2,1-4H3/p+1/t17-/m0/s1. The average molecular weight is 389 g/mol. The Balaban J connectivity index is 1.88. The lowest BCUT2D eigenvalue weighted by atomic mass is 10.2. The van der Waals surface area contributed by atoms with Crippen molar-refractivity contribution >= 4 is 23.1 Å². The molecule has 0 saturated heterocycles. The molecule has 1 atom stereocenters. The normalized spacial score (nSPS) is 12.7. The molecule has 2 aromatic heterocycles. The maximum Gasteiger partial charge on any atom is 0.192 e. The monoisotopic (exact) mass is 388 g/mol. The number of rotatable bonds is 8. The van der Waals surface area contributed by atoms with Crippen molar-refractivity contribution in [2.75, 3.05) is 14.1 Å². The summed E-state index contributed by atoms with van der Waals surface area (Å²) < 4.78 is 2.28. The summed E-state index contributed by atoms with van der Waals surface area (Å²) in [6, 6.07) is 10.9. The molecule has 1 N–H and O–H groups in total. The molecule has 0 saturated carbocycles. The number of thiazole rings is 1. The third kappa shape index (κ3) is 4.52. The summed E-state index contributed by atoms with van der Waals surface area (Å²) in [5.74, 6) is 1.89. The van der Waals surface area contributed by atoms with E-state index in [0.717, 1.165) is 40.4 Å². The Bertz CT molecular complexity index is 826. The van der Waals surface area contributed by atoms with E-state index in [1.54, 1.807) is 23.1 Å². The molecule has 0 amide bonds. The van der Waals surface area contributed by atoms with Crippen LogP contribution < -0.4 is 4.90 Å². The van der Waals surface area contributed by atoms with E-state index in [1.165, 1.54) is 10.5 Å². The number of aromatic nitrogens is 4. The highest BCUT2D eigenvalue weighted by atomic mass is 32.2. The van der Waals surface area contributed by atoms with Gasteiger partial charge in [0.25, 0.3) is 0 Å². The SMILES string of the molecule is CC[C@@H](c1nnc(SCc2csc(C)n2)n1Cc1ccccc1)[NH+](C)C. The van der Waals surface area contributed by atoms with Crippen molar-refractivity contribution in [2.24, 2.45) is 0 Å². The Hall–Kier alpha value is -1.70. The van der Waals surface area contributed by atoms with E-state index >= 15 is 0 Å². The predicted octanol–water partition coefficient (Wildman–Crippen LogP) is 2.98. The number of hydrogen-bond donors (Lipinski definition) is 1. The molecular formula is C19H26N5S2+. The second kappa shape index (κ2) is 8.79. The van der Waals surface area contributed by atoms with Crippen LogP contribution in [0.2, 0.25) is 0 Å². The van der Waals surface area contributed by atoms with Crippen molar-refractivity contribution in [3.8, 4) is 0 Å². The molecule has 0 fully saturated rings. The van der Waals surface area contributed by atoms with E-state index in [-0.39, 0.29) is 0 Å². The molecule has 3 aromatic rings. The Labute approximate surface area is 163 Å². The molecule has 26 heavy (non-hydrogen) atoms. The first-order valence-electron chi connectivity index (χ1n) is 8.89. The Morgan fingerprint density at radius 3 is 2.58 bits per heavy atom. The van der Waals surface area contributed by atoms with Gasteiger partial charge in [-0.05, 0) is 12.5 Å². The molecule has 0 aliphatic heterocycles. The summed E-state index contributed by atoms with van der Waals surface area (Å²) in [4.78, 5) is 5.94. The van der Waals surface area contributed by atoms with Gasteiger partial charge < -0.3 is 4.90 Å². The van der Waals surface area contributed by atoms with Gasteiger partial charge in [-0.2, -0.15) is 0 Å². The number of nitrogens with one attached hydrogen (secondary N) is 1. The van der Waals surface area contributed by atoms with Crippen LogP contribution >= 0.6 is 23.1 Å². The number of nitrogens with zero attached hydrogens (tertiary/aromatic N) is 4. The highest BCUT2D eigenvalue weighted by molar-refractivity contribution is 7.98. The smallest absolute Gasteiger partial charge is 0.192 e. The van der Waals surface area contributed by atoms with Gasteiger partial charge in [0.1, 0.15) is 6.04 Å². The van der Waals surface area contributed by atoms with Crippen molar-refractivity contribution in [3.05, 3.63) is 57.8 Å². The van der Waals surface area contributed by atoms with E-state index < -0.39 is 0 Å². The number of quaternary nitrogens is 1. The zero-order chi connectivity index (χ0) is 18.5. The molecule has 0 aliphatic rings. The van der Waals surface area contributed by atoms with Gasteiger partial charge in [0.15, 0.2) is 11.0 Å². The summed E-state index contributed by atoms with van der Waals surface area (Å²) in [5.41, 5.74) is 2.38. The number of benzene rings is 1. The molecule has 5 nitrogen and oxygen atoms in total. The summed E-state index contributed by atoms with van der Waals surface area (Å²) in [5, 5.41) is 13.3. The Morgan fingerprint density at radius 2 is 1.96 bits per heavy atom. The minimum Gasteiger partial charge on any atom is -0.331 e. The van der Waals surface area contributed by atoms with Gasteiger partial charge in [-0.15, -0.1) is 21.5 Å². The lowest BCUT2D eigenvalue weighted by Crippen LogP contribution is -3.06. The van der Waals surface area contributed by atoms with Crippen molar-refractivity contribution in [3.63, 3.8) is 0 Å². The fourth-order valence-corrected chi connectivity index (χ4v) is 4.60. The van der Waals surface area contributed by atoms with Crippen LogP contribution in [0.15, 0.2) is 40.9 Å². The molecule has 0 unspecified atom stereocenters. The topological polar surface area (TPSA) is 48.0 Å². The van der Waals surface area contributed by atoms with E-state index in [2.05, 4.69) is 76.5 Å². The first-order valence-corrected chi connectivity index (χ1v) is 10.8. The van der Waals surface area contributed by atoms with Gasteiger partial charge in [0.05, 0.1) is 31.3 Å². The fraction of sp³-hybridized carbons (Fsp3) is 0.421. The molecule has 3 rings (SSSR count). The van der Waals surface area contributed by atoms with Crippen LogP contribution in [0.3, 0.4) is 0 Å². The van der Waals surface area contributed by atoms with Gasteiger partial charge in [-0.25, -0.2) is 4.98 Å². The van der Waals surface area contributed by atoms with E-state index in [1.807, 2.05) is 6.92 Å². The summed E-state index contributed by atoms with van der Waals surface area (Å²) in [6.45, 7) is 5.05. The van der Waals surface area contributed by atoms with Crippen molar-refractivity contribution < 1.29 is 4.90 Å². The summed E-state index contributed by atoms with van der Waals surface area (Å²) in [6.07, 6.45) is 1.03. The molecule has 0 aliphatic carbocycles. The van der Waals surface area contributed by atoms with Gasteiger partial charge in [0.2, 0.25) is 0 Å². The van der Waals surface area contributed by atoms with Crippen molar-refractivity contribution in [1.29, 1.82) is 0 Å². The van der Waals surface area contributed by atoms with Gasteiger partial charge in [0, 0.05) is 17.6 Å². The quantitative estimate of drug-likeness (QED) is 0.603. The van der Waals surface area contributed by atoms with Gasteiger partial charge in [-0.3, -0.25) is 4.57 Å². The van der Waals surface area contributed by atoms with Gasteiger partial charge in [-0.1, -0.05) is 49.0 Å². The molecule has 0 bridgehead atoms. The maximum atomic E-state index is 4.58. The zero-order valence-electron chi connectivity index (χ0n) is 15.8. The van der Waals surface area contributed by atoms with Crippen LogP contribution in [0.25, 0.3) is 0 Å². The van der Waals surface area contributed by atoms with E-state index in [0.29, 0.717) is 6.04 Å². The van der Waals surface area contributed by atoms with E-state index in [9.17, 15) is 0 Å².